The Bertz CT molecular complexity index is 153. The molecule has 0 bridgehead atoms. The largest absolute Gasteiger partial charge is 0.351 e. The van der Waals surface area contributed by atoms with E-state index in [1.165, 1.54) is 0 Å². The van der Waals surface area contributed by atoms with Crippen LogP contribution in [0.5, 0.6) is 0 Å². The van der Waals surface area contributed by atoms with Gasteiger partial charge in [0.2, 0.25) is 0 Å². The number of terminal acetylenes is 1. The van der Waals surface area contributed by atoms with Gasteiger partial charge in [-0.25, -0.2) is 0 Å². The molecule has 0 spiro atoms. The van der Waals surface area contributed by atoms with Crippen molar-refractivity contribution in [3.05, 3.63) is 0 Å². The molecule has 2 nitrogen and oxygen atoms in total. The highest BCUT2D eigenvalue weighted by molar-refractivity contribution is 9.09. The fourth-order valence-electron chi connectivity index (χ4n) is 1.00. The number of hydrogen-bond acceptors (Lipinski definition) is 2. The topological polar surface area (TPSA) is 18.5 Å². The highest BCUT2D eigenvalue weighted by Gasteiger charge is 2.23. The third-order valence-corrected chi connectivity index (χ3v) is 2.42. The second kappa shape index (κ2) is 4.76. The van der Waals surface area contributed by atoms with Crippen molar-refractivity contribution >= 4 is 15.9 Å². The summed E-state index contributed by atoms with van der Waals surface area (Å²) in [6.07, 6.45) is 7.07. The normalized spacial score (nSPS) is 31.3. The molecule has 3 heteroatoms. The second-order valence-corrected chi connectivity index (χ2v) is 3.59. The zero-order chi connectivity index (χ0) is 8.10. The van der Waals surface area contributed by atoms with E-state index < -0.39 is 0 Å². The van der Waals surface area contributed by atoms with Crippen molar-refractivity contribution in [3.8, 4) is 12.3 Å². The van der Waals surface area contributed by atoms with E-state index >= 15 is 0 Å². The molecular formula is C8H11BrO2. The number of halogens is 1. The van der Waals surface area contributed by atoms with Gasteiger partial charge in [-0.15, -0.1) is 6.42 Å². The van der Waals surface area contributed by atoms with Crippen LogP contribution in [-0.4, -0.2) is 24.3 Å². The first-order valence-electron chi connectivity index (χ1n) is 3.65. The first-order chi connectivity index (χ1) is 5.34. The third-order valence-electron chi connectivity index (χ3n) is 1.53. The molecule has 1 heterocycles. The first-order valence-corrected chi connectivity index (χ1v) is 4.57. The van der Waals surface area contributed by atoms with Gasteiger partial charge in [0.05, 0.1) is 4.83 Å². The summed E-state index contributed by atoms with van der Waals surface area (Å²) in [6.45, 7) is 1.10. The van der Waals surface area contributed by atoms with Crippen molar-refractivity contribution in [3.63, 3.8) is 0 Å². The molecule has 0 N–H and O–H groups in total. The van der Waals surface area contributed by atoms with E-state index in [9.17, 15) is 0 Å². The van der Waals surface area contributed by atoms with Crippen LogP contribution in [-0.2, 0) is 9.47 Å². The van der Waals surface area contributed by atoms with Crippen molar-refractivity contribution in [1.29, 1.82) is 0 Å². The maximum atomic E-state index is 5.33. The third kappa shape index (κ3) is 2.82. The van der Waals surface area contributed by atoms with Gasteiger partial charge in [-0.2, -0.15) is 0 Å². The molecule has 2 atom stereocenters. The van der Waals surface area contributed by atoms with Crippen LogP contribution in [0.2, 0.25) is 0 Å². The lowest BCUT2D eigenvalue weighted by Gasteiger charge is -2.26. The molecule has 1 saturated heterocycles. The minimum atomic E-state index is -0.153. The minimum Gasteiger partial charge on any atom is -0.351 e. The van der Waals surface area contributed by atoms with E-state index in [1.807, 2.05) is 0 Å². The molecule has 1 rings (SSSR count). The molecule has 0 amide bonds. The zero-order valence-corrected chi connectivity index (χ0v) is 7.84. The van der Waals surface area contributed by atoms with Crippen LogP contribution in [0.25, 0.3) is 0 Å². The van der Waals surface area contributed by atoms with Gasteiger partial charge in [0.25, 0.3) is 0 Å². The fourth-order valence-corrected chi connectivity index (χ4v) is 1.63. The molecule has 2 unspecified atom stereocenters. The summed E-state index contributed by atoms with van der Waals surface area (Å²) in [6, 6.07) is 0. The Morgan fingerprint density at radius 1 is 1.73 bits per heavy atom. The maximum absolute atomic E-state index is 5.33. The van der Waals surface area contributed by atoms with E-state index in [2.05, 4.69) is 21.9 Å². The van der Waals surface area contributed by atoms with Crippen molar-refractivity contribution in [2.45, 2.75) is 24.0 Å². The van der Waals surface area contributed by atoms with Crippen molar-refractivity contribution in [1.82, 2.24) is 0 Å². The van der Waals surface area contributed by atoms with Gasteiger partial charge in [0.1, 0.15) is 6.61 Å². The molecule has 0 aliphatic carbocycles. The number of ether oxygens (including phenoxy) is 2. The predicted octanol–water partition coefficient (Wildman–Crippen LogP) is 1.54. The Balaban J connectivity index is 2.25. The Morgan fingerprint density at radius 3 is 3.18 bits per heavy atom. The van der Waals surface area contributed by atoms with Crippen molar-refractivity contribution in [2.75, 3.05) is 13.2 Å². The lowest BCUT2D eigenvalue weighted by Crippen LogP contribution is -2.32. The van der Waals surface area contributed by atoms with Gasteiger partial charge in [0, 0.05) is 6.61 Å². The van der Waals surface area contributed by atoms with Crippen LogP contribution in [0.4, 0.5) is 0 Å². The Labute approximate surface area is 75.4 Å². The lowest BCUT2D eigenvalue weighted by atomic mass is 10.2. The lowest BCUT2D eigenvalue weighted by molar-refractivity contribution is -0.148. The molecule has 0 saturated carbocycles. The highest BCUT2D eigenvalue weighted by atomic mass is 79.9. The van der Waals surface area contributed by atoms with Crippen LogP contribution in [0.3, 0.4) is 0 Å². The molecule has 0 aromatic heterocycles. The van der Waals surface area contributed by atoms with Gasteiger partial charge < -0.3 is 9.47 Å². The van der Waals surface area contributed by atoms with Crippen LogP contribution < -0.4 is 0 Å². The number of hydrogen-bond donors (Lipinski definition) is 0. The van der Waals surface area contributed by atoms with E-state index in [-0.39, 0.29) is 6.29 Å². The molecule has 1 aliphatic heterocycles. The van der Waals surface area contributed by atoms with Crippen molar-refractivity contribution < 1.29 is 9.47 Å². The maximum Gasteiger partial charge on any atom is 0.171 e. The average molecular weight is 219 g/mol. The summed E-state index contributed by atoms with van der Waals surface area (Å²) in [5.74, 6) is 2.41. The highest BCUT2D eigenvalue weighted by Crippen LogP contribution is 2.21. The SMILES string of the molecule is C#CCOC1OCCCC1Br. The van der Waals surface area contributed by atoms with Crippen LogP contribution in [0, 0.1) is 12.3 Å². The van der Waals surface area contributed by atoms with E-state index in [1.54, 1.807) is 0 Å². The Hall–Kier alpha value is -0.0400. The first kappa shape index (κ1) is 9.05. The van der Waals surface area contributed by atoms with Gasteiger partial charge in [-0.1, -0.05) is 21.9 Å². The van der Waals surface area contributed by atoms with E-state index in [0.717, 1.165) is 19.4 Å². The smallest absolute Gasteiger partial charge is 0.171 e. The summed E-state index contributed by atoms with van der Waals surface area (Å²) in [5.41, 5.74) is 0. The fraction of sp³-hybridized carbons (Fsp3) is 0.750. The average Bonchev–Trinajstić information content (AvgIpc) is 2.03. The van der Waals surface area contributed by atoms with Crippen molar-refractivity contribution in [2.24, 2.45) is 0 Å². The number of alkyl halides is 1. The van der Waals surface area contributed by atoms with Crippen LogP contribution in [0.1, 0.15) is 12.8 Å². The monoisotopic (exact) mass is 218 g/mol. The van der Waals surface area contributed by atoms with Gasteiger partial charge in [-0.3, -0.25) is 0 Å². The predicted molar refractivity (Wildman–Crippen MR) is 46.5 cm³/mol. The molecule has 0 aromatic rings. The molecule has 11 heavy (non-hydrogen) atoms. The summed E-state index contributed by atoms with van der Waals surface area (Å²) < 4.78 is 10.6. The second-order valence-electron chi connectivity index (χ2n) is 2.41. The summed E-state index contributed by atoms with van der Waals surface area (Å²) in [5, 5.41) is 0. The van der Waals surface area contributed by atoms with Crippen LogP contribution in [0.15, 0.2) is 0 Å². The van der Waals surface area contributed by atoms with Gasteiger partial charge in [0.15, 0.2) is 6.29 Å². The van der Waals surface area contributed by atoms with E-state index in [4.69, 9.17) is 15.9 Å². The number of rotatable bonds is 2. The molecular weight excluding hydrogens is 208 g/mol. The molecule has 62 valence electrons. The summed E-state index contributed by atoms with van der Waals surface area (Å²) >= 11 is 3.47. The Kier molecular flexibility index (Phi) is 3.92. The molecule has 1 aliphatic rings. The van der Waals surface area contributed by atoms with E-state index in [0.29, 0.717) is 11.4 Å². The van der Waals surface area contributed by atoms with Gasteiger partial charge >= 0.3 is 0 Å². The molecule has 0 radical (unpaired) electrons. The standard InChI is InChI=1S/C8H11BrO2/c1-2-5-10-8-7(9)4-3-6-11-8/h1,7-8H,3-6H2. The Morgan fingerprint density at radius 2 is 2.55 bits per heavy atom. The summed E-state index contributed by atoms with van der Waals surface area (Å²) in [4.78, 5) is 0.296. The zero-order valence-electron chi connectivity index (χ0n) is 6.25. The molecule has 1 fully saturated rings. The quantitative estimate of drug-likeness (QED) is 0.518. The minimum absolute atomic E-state index is 0.153. The molecule has 0 aromatic carbocycles. The van der Waals surface area contributed by atoms with Gasteiger partial charge in [-0.05, 0) is 12.8 Å². The summed E-state index contributed by atoms with van der Waals surface area (Å²) in [7, 11) is 0. The van der Waals surface area contributed by atoms with Crippen LogP contribution >= 0.6 is 15.9 Å².